The first-order valence-electron chi connectivity index (χ1n) is 12.7. The van der Waals surface area contributed by atoms with Crippen LogP contribution < -0.4 is 24.3 Å². The van der Waals surface area contributed by atoms with E-state index in [0.717, 1.165) is 13.0 Å². The number of hydrogen-bond donors (Lipinski definition) is 1. The summed E-state index contributed by atoms with van der Waals surface area (Å²) in [5.74, 6) is 1.15. The molecule has 0 radical (unpaired) electrons. The standard InChI is InChI=1S/C28H28F3N5O5/c1-35-11-9-18(14-35)36-15-25(40-16-28(29,30)31)26(34-36)27(37)33-17-4-6-19(7-5-17)41-22-8-10-32-21-13-24(39-3)23(38-2)12-20(21)22/h4-8,10,12-13,15,18H,9,11,14,16H2,1-3H3,(H,33,37). The minimum atomic E-state index is -4.56. The van der Waals surface area contributed by atoms with Gasteiger partial charge in [-0.2, -0.15) is 18.3 Å². The van der Waals surface area contributed by atoms with Gasteiger partial charge in [0.05, 0.1) is 32.0 Å². The Kier molecular flexibility index (Phi) is 7.88. The molecule has 1 amide bonds. The van der Waals surface area contributed by atoms with Crippen LogP contribution in [-0.2, 0) is 0 Å². The van der Waals surface area contributed by atoms with E-state index in [1.807, 2.05) is 7.05 Å². The van der Waals surface area contributed by atoms with E-state index in [9.17, 15) is 18.0 Å². The van der Waals surface area contributed by atoms with Crippen LogP contribution in [0.5, 0.6) is 28.7 Å². The van der Waals surface area contributed by atoms with E-state index >= 15 is 0 Å². The normalized spacial score (nSPS) is 15.6. The van der Waals surface area contributed by atoms with E-state index in [4.69, 9.17) is 18.9 Å². The minimum Gasteiger partial charge on any atom is -0.493 e. The van der Waals surface area contributed by atoms with Gasteiger partial charge in [0, 0.05) is 29.9 Å². The third kappa shape index (κ3) is 6.46. The van der Waals surface area contributed by atoms with Crippen LogP contribution in [0.15, 0.2) is 54.9 Å². The smallest absolute Gasteiger partial charge is 0.422 e. The second kappa shape index (κ2) is 11.5. The summed E-state index contributed by atoms with van der Waals surface area (Å²) in [4.78, 5) is 19.5. The molecule has 2 aromatic carbocycles. The summed E-state index contributed by atoms with van der Waals surface area (Å²) in [6.07, 6.45) is -0.840. The van der Waals surface area contributed by atoms with Gasteiger partial charge >= 0.3 is 6.18 Å². The van der Waals surface area contributed by atoms with Crippen LogP contribution in [0, 0.1) is 0 Å². The summed E-state index contributed by atoms with van der Waals surface area (Å²) in [6, 6.07) is 11.7. The predicted octanol–water partition coefficient (Wildman–Crippen LogP) is 5.31. The van der Waals surface area contributed by atoms with Gasteiger partial charge in [0.2, 0.25) is 0 Å². The van der Waals surface area contributed by atoms with E-state index in [1.54, 1.807) is 55.8 Å². The Morgan fingerprint density at radius 3 is 2.44 bits per heavy atom. The van der Waals surface area contributed by atoms with Crippen molar-refractivity contribution < 1.29 is 36.9 Å². The number of ether oxygens (including phenoxy) is 4. The number of alkyl halides is 3. The molecule has 216 valence electrons. The van der Waals surface area contributed by atoms with Crippen LogP contribution in [0.4, 0.5) is 18.9 Å². The molecule has 13 heteroatoms. The molecule has 1 aliphatic heterocycles. The van der Waals surface area contributed by atoms with Gasteiger partial charge in [-0.05, 0) is 56.4 Å². The van der Waals surface area contributed by atoms with E-state index < -0.39 is 18.7 Å². The summed E-state index contributed by atoms with van der Waals surface area (Å²) in [5, 5.41) is 7.67. The lowest BCUT2D eigenvalue weighted by Crippen LogP contribution is -2.21. The Morgan fingerprint density at radius 1 is 1.05 bits per heavy atom. The number of likely N-dealkylation sites (N-methyl/N-ethyl adjacent to an activating group) is 1. The molecule has 4 aromatic rings. The SMILES string of the molecule is COc1cc2nccc(Oc3ccc(NC(=O)c4nn(C5CCN(C)C5)cc4OCC(F)(F)F)cc3)c2cc1OC. The van der Waals surface area contributed by atoms with E-state index in [1.165, 1.54) is 18.0 Å². The Balaban J connectivity index is 1.32. The first-order chi connectivity index (χ1) is 19.6. The lowest BCUT2D eigenvalue weighted by Gasteiger charge is -2.13. The van der Waals surface area contributed by atoms with Crippen molar-refractivity contribution in [1.29, 1.82) is 0 Å². The molecule has 2 aromatic heterocycles. The number of nitrogens with one attached hydrogen (secondary N) is 1. The number of hydrogen-bond acceptors (Lipinski definition) is 8. The molecule has 10 nitrogen and oxygen atoms in total. The second-order valence-corrected chi connectivity index (χ2v) is 9.54. The van der Waals surface area contributed by atoms with Gasteiger partial charge in [-0.1, -0.05) is 0 Å². The third-order valence-corrected chi connectivity index (χ3v) is 6.59. The lowest BCUT2D eigenvalue weighted by atomic mass is 10.2. The molecular weight excluding hydrogens is 543 g/mol. The molecule has 0 spiro atoms. The van der Waals surface area contributed by atoms with Crippen molar-refractivity contribution in [3.8, 4) is 28.7 Å². The van der Waals surface area contributed by atoms with Crippen molar-refractivity contribution in [3.63, 3.8) is 0 Å². The molecule has 41 heavy (non-hydrogen) atoms. The minimum absolute atomic E-state index is 0.0726. The monoisotopic (exact) mass is 571 g/mol. The summed E-state index contributed by atoms with van der Waals surface area (Å²) >= 11 is 0. The number of fused-ring (bicyclic) bond motifs is 1. The molecule has 3 heterocycles. The highest BCUT2D eigenvalue weighted by molar-refractivity contribution is 6.04. The average molecular weight is 572 g/mol. The first kappa shape index (κ1) is 28.0. The Bertz CT molecular complexity index is 1540. The number of benzene rings is 2. The van der Waals surface area contributed by atoms with Gasteiger partial charge in [0.25, 0.3) is 5.91 Å². The highest BCUT2D eigenvalue weighted by Crippen LogP contribution is 2.37. The maximum Gasteiger partial charge on any atom is 0.422 e. The number of pyridine rings is 1. The molecule has 1 N–H and O–H groups in total. The molecule has 1 unspecified atom stereocenters. The Hall–Kier alpha value is -4.52. The number of amides is 1. The number of rotatable bonds is 9. The topological polar surface area (TPSA) is 100.0 Å². The van der Waals surface area contributed by atoms with E-state index in [0.29, 0.717) is 46.1 Å². The summed E-state index contributed by atoms with van der Waals surface area (Å²) in [5.41, 5.74) is 0.818. The maximum atomic E-state index is 13.1. The molecule has 0 saturated carbocycles. The Labute approximate surface area is 233 Å². The molecule has 1 aliphatic rings. The van der Waals surface area contributed by atoms with Crippen LogP contribution in [0.25, 0.3) is 10.9 Å². The number of carbonyl (C=O) groups excluding carboxylic acids is 1. The number of likely N-dealkylation sites (tertiary alicyclic amines) is 1. The third-order valence-electron chi connectivity index (χ3n) is 6.59. The number of carbonyl (C=O) groups is 1. The van der Waals surface area contributed by atoms with Gasteiger partial charge in [0.1, 0.15) is 11.5 Å². The molecular formula is C28H28F3N5O5. The summed E-state index contributed by atoms with van der Waals surface area (Å²) < 4.78 is 61.8. The number of methoxy groups -OCH3 is 2. The van der Waals surface area contributed by atoms with Gasteiger partial charge in [-0.3, -0.25) is 14.5 Å². The average Bonchev–Trinajstić information content (AvgIpc) is 3.58. The largest absolute Gasteiger partial charge is 0.493 e. The molecule has 0 aliphatic carbocycles. The lowest BCUT2D eigenvalue weighted by molar-refractivity contribution is -0.153. The van der Waals surface area contributed by atoms with Gasteiger partial charge < -0.3 is 29.2 Å². The van der Waals surface area contributed by atoms with Crippen molar-refractivity contribution in [2.75, 3.05) is 46.3 Å². The van der Waals surface area contributed by atoms with Crippen LogP contribution in [-0.4, -0.2) is 72.7 Å². The van der Waals surface area contributed by atoms with Crippen molar-refractivity contribution in [3.05, 3.63) is 60.6 Å². The van der Waals surface area contributed by atoms with Crippen molar-refractivity contribution in [2.24, 2.45) is 0 Å². The molecule has 1 atom stereocenters. The number of aromatic nitrogens is 3. The number of halogens is 3. The first-order valence-corrected chi connectivity index (χ1v) is 12.7. The second-order valence-electron chi connectivity index (χ2n) is 9.54. The zero-order valence-electron chi connectivity index (χ0n) is 22.6. The van der Waals surface area contributed by atoms with Crippen molar-refractivity contribution in [1.82, 2.24) is 19.7 Å². The summed E-state index contributed by atoms with van der Waals surface area (Å²) in [7, 11) is 5.02. The van der Waals surface area contributed by atoms with Crippen LogP contribution >= 0.6 is 0 Å². The van der Waals surface area contributed by atoms with Crippen molar-refractivity contribution >= 4 is 22.5 Å². The number of nitrogens with zero attached hydrogens (tertiary/aromatic N) is 4. The van der Waals surface area contributed by atoms with E-state index in [-0.39, 0.29) is 17.5 Å². The molecule has 1 fully saturated rings. The van der Waals surface area contributed by atoms with Gasteiger partial charge in [-0.15, -0.1) is 0 Å². The van der Waals surface area contributed by atoms with Crippen LogP contribution in [0.3, 0.4) is 0 Å². The van der Waals surface area contributed by atoms with Gasteiger partial charge in [0.15, 0.2) is 29.5 Å². The van der Waals surface area contributed by atoms with E-state index in [2.05, 4.69) is 20.3 Å². The fourth-order valence-electron chi connectivity index (χ4n) is 4.57. The molecule has 1 saturated heterocycles. The zero-order valence-corrected chi connectivity index (χ0v) is 22.6. The number of anilines is 1. The fourth-order valence-corrected chi connectivity index (χ4v) is 4.57. The zero-order chi connectivity index (χ0) is 29.1. The van der Waals surface area contributed by atoms with Gasteiger partial charge in [-0.25, -0.2) is 0 Å². The fraction of sp³-hybridized carbons (Fsp3) is 0.321. The molecule has 0 bridgehead atoms. The van der Waals surface area contributed by atoms with Crippen LogP contribution in [0.1, 0.15) is 23.0 Å². The van der Waals surface area contributed by atoms with Crippen molar-refractivity contribution in [2.45, 2.75) is 18.6 Å². The maximum absolute atomic E-state index is 13.1. The Morgan fingerprint density at radius 2 is 1.78 bits per heavy atom. The highest BCUT2D eigenvalue weighted by Gasteiger charge is 2.31. The quantitative estimate of drug-likeness (QED) is 0.289. The molecule has 5 rings (SSSR count). The highest BCUT2D eigenvalue weighted by atomic mass is 19.4. The summed E-state index contributed by atoms with van der Waals surface area (Å²) in [6.45, 7) is -0.0514. The van der Waals surface area contributed by atoms with Crippen LogP contribution in [0.2, 0.25) is 0 Å². The predicted molar refractivity (Wildman–Crippen MR) is 144 cm³/mol.